The van der Waals surface area contributed by atoms with Crippen LogP contribution in [0.1, 0.15) is 30.9 Å². The largest absolute Gasteiger partial charge is 0.0876 e. The van der Waals surface area contributed by atoms with Gasteiger partial charge in [-0.3, -0.25) is 0 Å². The summed E-state index contributed by atoms with van der Waals surface area (Å²) in [6.07, 6.45) is 6.67. The summed E-state index contributed by atoms with van der Waals surface area (Å²) in [5, 5.41) is 0.874. The third-order valence-corrected chi connectivity index (χ3v) is 4.37. The van der Waals surface area contributed by atoms with Gasteiger partial charge in [0.2, 0.25) is 0 Å². The standard InChI is InChI=1S/C13H14BrCl/c1-9-7-10(12(15)8-11(9)14)13(2)5-3-4-6-13/h3-4,7-8H,5-6H2,1-2H3. The van der Waals surface area contributed by atoms with Crippen LogP contribution in [0, 0.1) is 6.92 Å². The van der Waals surface area contributed by atoms with Crippen molar-refractivity contribution >= 4 is 27.5 Å². The predicted octanol–water partition coefficient (Wildman–Crippen LogP) is 5.02. The van der Waals surface area contributed by atoms with Gasteiger partial charge >= 0.3 is 0 Å². The molecular formula is C13H14BrCl. The molecule has 0 aliphatic heterocycles. The van der Waals surface area contributed by atoms with E-state index >= 15 is 0 Å². The number of allylic oxidation sites excluding steroid dienone is 2. The van der Waals surface area contributed by atoms with E-state index in [9.17, 15) is 0 Å². The fraction of sp³-hybridized carbons (Fsp3) is 0.385. The van der Waals surface area contributed by atoms with Crippen molar-refractivity contribution in [1.29, 1.82) is 0 Å². The van der Waals surface area contributed by atoms with Crippen molar-refractivity contribution in [3.05, 3.63) is 44.9 Å². The Bertz CT molecular complexity index is 413. The van der Waals surface area contributed by atoms with Crippen molar-refractivity contribution in [2.75, 3.05) is 0 Å². The fourth-order valence-electron chi connectivity index (χ4n) is 2.11. The molecule has 1 aromatic carbocycles. The SMILES string of the molecule is Cc1cc(C2(C)CC=CC2)c(Cl)cc1Br. The van der Waals surface area contributed by atoms with Gasteiger partial charge in [0.05, 0.1) is 0 Å². The molecule has 0 saturated heterocycles. The number of halogens is 2. The Morgan fingerprint density at radius 3 is 2.47 bits per heavy atom. The molecule has 0 bridgehead atoms. The summed E-state index contributed by atoms with van der Waals surface area (Å²) in [7, 11) is 0. The minimum absolute atomic E-state index is 0.197. The molecule has 0 aromatic heterocycles. The van der Waals surface area contributed by atoms with Gasteiger partial charge in [-0.25, -0.2) is 0 Å². The Morgan fingerprint density at radius 1 is 1.27 bits per heavy atom. The van der Waals surface area contributed by atoms with Gasteiger partial charge in [-0.05, 0) is 37.0 Å². The molecule has 2 rings (SSSR count). The molecule has 0 N–H and O–H groups in total. The van der Waals surface area contributed by atoms with Crippen molar-refractivity contribution in [3.8, 4) is 0 Å². The molecule has 1 aliphatic rings. The summed E-state index contributed by atoms with van der Waals surface area (Å²) in [5.41, 5.74) is 2.72. The summed E-state index contributed by atoms with van der Waals surface area (Å²) in [4.78, 5) is 0. The highest BCUT2D eigenvalue weighted by atomic mass is 79.9. The highest BCUT2D eigenvalue weighted by molar-refractivity contribution is 9.10. The van der Waals surface area contributed by atoms with Gasteiger partial charge in [0, 0.05) is 14.9 Å². The van der Waals surface area contributed by atoms with Gasteiger partial charge in [-0.15, -0.1) is 0 Å². The van der Waals surface area contributed by atoms with E-state index in [4.69, 9.17) is 11.6 Å². The predicted molar refractivity (Wildman–Crippen MR) is 69.6 cm³/mol. The second-order valence-electron chi connectivity index (χ2n) is 4.52. The van der Waals surface area contributed by atoms with E-state index in [0.717, 1.165) is 22.3 Å². The number of hydrogen-bond donors (Lipinski definition) is 0. The molecule has 0 spiro atoms. The Balaban J connectivity index is 2.48. The summed E-state index contributed by atoms with van der Waals surface area (Å²) in [6, 6.07) is 4.22. The molecule has 2 heteroatoms. The molecule has 0 amide bonds. The average molecular weight is 286 g/mol. The quantitative estimate of drug-likeness (QED) is 0.636. The molecule has 0 radical (unpaired) electrons. The van der Waals surface area contributed by atoms with Crippen LogP contribution < -0.4 is 0 Å². The van der Waals surface area contributed by atoms with E-state index in [1.54, 1.807) is 0 Å². The molecule has 15 heavy (non-hydrogen) atoms. The van der Waals surface area contributed by atoms with E-state index in [0.29, 0.717) is 0 Å². The molecule has 0 heterocycles. The van der Waals surface area contributed by atoms with E-state index < -0.39 is 0 Å². The lowest BCUT2D eigenvalue weighted by molar-refractivity contribution is 0.511. The van der Waals surface area contributed by atoms with Gasteiger partial charge in [0.1, 0.15) is 0 Å². The van der Waals surface area contributed by atoms with E-state index in [1.807, 2.05) is 6.07 Å². The maximum absolute atomic E-state index is 6.31. The van der Waals surface area contributed by atoms with Crippen molar-refractivity contribution in [1.82, 2.24) is 0 Å². The second-order valence-corrected chi connectivity index (χ2v) is 5.78. The van der Waals surface area contributed by atoms with Gasteiger partial charge in [0.25, 0.3) is 0 Å². The lowest BCUT2D eigenvalue weighted by Crippen LogP contribution is -2.18. The Hall–Kier alpha value is -0.270. The maximum Gasteiger partial charge on any atom is 0.0455 e. The fourth-order valence-corrected chi connectivity index (χ4v) is 2.98. The Morgan fingerprint density at radius 2 is 1.87 bits per heavy atom. The van der Waals surface area contributed by atoms with Gasteiger partial charge in [-0.1, -0.05) is 52.7 Å². The van der Waals surface area contributed by atoms with Gasteiger partial charge < -0.3 is 0 Å². The molecule has 1 aliphatic carbocycles. The second kappa shape index (κ2) is 3.95. The van der Waals surface area contributed by atoms with Crippen LogP contribution in [0.2, 0.25) is 5.02 Å². The van der Waals surface area contributed by atoms with Crippen LogP contribution in [0.25, 0.3) is 0 Å². The van der Waals surface area contributed by atoms with Crippen molar-refractivity contribution < 1.29 is 0 Å². The molecule has 0 atom stereocenters. The monoisotopic (exact) mass is 284 g/mol. The van der Waals surface area contributed by atoms with Crippen molar-refractivity contribution in [2.45, 2.75) is 32.1 Å². The number of aryl methyl sites for hydroxylation is 1. The average Bonchev–Trinajstić information content (AvgIpc) is 2.60. The van der Waals surface area contributed by atoms with Crippen LogP contribution in [-0.2, 0) is 5.41 Å². The summed E-state index contributed by atoms with van der Waals surface area (Å²) >= 11 is 9.82. The van der Waals surface area contributed by atoms with Gasteiger partial charge in [-0.2, -0.15) is 0 Å². The molecule has 0 fully saturated rings. The van der Waals surface area contributed by atoms with Crippen LogP contribution >= 0.6 is 27.5 Å². The molecule has 80 valence electrons. The molecule has 0 nitrogen and oxygen atoms in total. The van der Waals surface area contributed by atoms with Crippen LogP contribution in [0.3, 0.4) is 0 Å². The normalized spacial score (nSPS) is 18.4. The topological polar surface area (TPSA) is 0 Å². The summed E-state index contributed by atoms with van der Waals surface area (Å²) in [6.45, 7) is 4.39. The van der Waals surface area contributed by atoms with Crippen LogP contribution in [0.4, 0.5) is 0 Å². The first-order chi connectivity index (χ1) is 7.03. The molecule has 0 unspecified atom stereocenters. The van der Waals surface area contributed by atoms with Crippen molar-refractivity contribution in [3.63, 3.8) is 0 Å². The Labute approximate surface area is 104 Å². The molecule has 0 saturated carbocycles. The Kier molecular flexibility index (Phi) is 2.96. The van der Waals surface area contributed by atoms with Crippen LogP contribution in [0.5, 0.6) is 0 Å². The number of benzene rings is 1. The van der Waals surface area contributed by atoms with E-state index in [1.165, 1.54) is 11.1 Å². The molecular weight excluding hydrogens is 272 g/mol. The number of rotatable bonds is 1. The minimum atomic E-state index is 0.197. The lowest BCUT2D eigenvalue weighted by Gasteiger charge is -2.26. The third-order valence-electron chi connectivity index (χ3n) is 3.20. The lowest BCUT2D eigenvalue weighted by atomic mass is 9.80. The first-order valence-electron chi connectivity index (χ1n) is 5.14. The van der Waals surface area contributed by atoms with Gasteiger partial charge in [0.15, 0.2) is 0 Å². The zero-order valence-corrected chi connectivity index (χ0v) is 11.3. The summed E-state index contributed by atoms with van der Waals surface area (Å²) < 4.78 is 1.09. The molecule has 1 aromatic rings. The smallest absolute Gasteiger partial charge is 0.0455 e. The highest BCUT2D eigenvalue weighted by Gasteiger charge is 2.29. The van der Waals surface area contributed by atoms with Crippen LogP contribution in [0.15, 0.2) is 28.8 Å². The zero-order chi connectivity index (χ0) is 11.1. The van der Waals surface area contributed by atoms with E-state index in [2.05, 4.69) is 48.0 Å². The third kappa shape index (κ3) is 2.00. The van der Waals surface area contributed by atoms with E-state index in [-0.39, 0.29) is 5.41 Å². The number of hydrogen-bond acceptors (Lipinski definition) is 0. The first-order valence-corrected chi connectivity index (χ1v) is 6.31. The maximum atomic E-state index is 6.31. The van der Waals surface area contributed by atoms with Crippen molar-refractivity contribution in [2.24, 2.45) is 0 Å². The zero-order valence-electron chi connectivity index (χ0n) is 8.98. The minimum Gasteiger partial charge on any atom is -0.0876 e. The summed E-state index contributed by atoms with van der Waals surface area (Å²) in [5.74, 6) is 0. The highest BCUT2D eigenvalue weighted by Crippen LogP contribution is 2.41. The van der Waals surface area contributed by atoms with Crippen LogP contribution in [-0.4, -0.2) is 0 Å². The first kappa shape index (κ1) is 11.2.